The van der Waals surface area contributed by atoms with E-state index in [2.05, 4.69) is 0 Å². The first-order valence-corrected chi connectivity index (χ1v) is 6.90. The van der Waals surface area contributed by atoms with E-state index in [0.717, 1.165) is 5.69 Å². The normalized spacial score (nSPS) is 10.3. The van der Waals surface area contributed by atoms with Crippen molar-refractivity contribution in [1.29, 1.82) is 0 Å². The molecule has 0 saturated carbocycles. The molecule has 2 rings (SSSR count). The molecule has 0 spiro atoms. The van der Waals surface area contributed by atoms with Gasteiger partial charge in [0.2, 0.25) is 0 Å². The largest absolute Gasteiger partial charge is 0.329 e. The Balaban J connectivity index is 2.33. The van der Waals surface area contributed by atoms with E-state index >= 15 is 0 Å². The molecular weight excluding hydrogens is 295 g/mol. The summed E-state index contributed by atoms with van der Waals surface area (Å²) >= 11 is 11.8. The van der Waals surface area contributed by atoms with Gasteiger partial charge in [0.1, 0.15) is 0 Å². The molecule has 0 aromatic heterocycles. The van der Waals surface area contributed by atoms with Gasteiger partial charge in [-0.05, 0) is 42.5 Å². The van der Waals surface area contributed by atoms with E-state index in [9.17, 15) is 4.79 Å². The highest BCUT2D eigenvalue weighted by atomic mass is 35.5. The van der Waals surface area contributed by atoms with Crippen molar-refractivity contribution in [1.82, 2.24) is 0 Å². The fourth-order valence-corrected chi connectivity index (χ4v) is 2.19. The van der Waals surface area contributed by atoms with Crippen LogP contribution in [0.1, 0.15) is 10.4 Å². The summed E-state index contributed by atoms with van der Waals surface area (Å²) in [6, 6.07) is 13.9. The minimum atomic E-state index is -0.139. The van der Waals surface area contributed by atoms with Crippen molar-refractivity contribution in [3.8, 4) is 0 Å². The predicted molar refractivity (Wildman–Crippen MR) is 83.6 cm³/mol. The van der Waals surface area contributed by atoms with Gasteiger partial charge in [-0.1, -0.05) is 29.3 Å². The standard InChI is InChI=1S/C15H14Cl2N2O/c16-12-4-6-14(7-5-12)19(9-8-18)15(20)11-2-1-3-13(17)10-11/h1-7,10H,8-9,18H2. The lowest BCUT2D eigenvalue weighted by molar-refractivity contribution is 0.0987. The summed E-state index contributed by atoms with van der Waals surface area (Å²) in [6.07, 6.45) is 0. The Morgan fingerprint density at radius 1 is 1.05 bits per heavy atom. The van der Waals surface area contributed by atoms with Gasteiger partial charge in [-0.3, -0.25) is 4.79 Å². The lowest BCUT2D eigenvalue weighted by Gasteiger charge is -2.22. The van der Waals surface area contributed by atoms with Crippen LogP contribution in [0.15, 0.2) is 48.5 Å². The van der Waals surface area contributed by atoms with Gasteiger partial charge in [0.15, 0.2) is 0 Å². The van der Waals surface area contributed by atoms with Gasteiger partial charge in [0, 0.05) is 34.4 Å². The molecule has 0 heterocycles. The monoisotopic (exact) mass is 308 g/mol. The highest BCUT2D eigenvalue weighted by Crippen LogP contribution is 2.21. The number of benzene rings is 2. The van der Waals surface area contributed by atoms with E-state index in [1.54, 1.807) is 53.4 Å². The fourth-order valence-electron chi connectivity index (χ4n) is 1.88. The first kappa shape index (κ1) is 14.9. The number of nitrogens with zero attached hydrogens (tertiary/aromatic N) is 1. The maximum absolute atomic E-state index is 12.6. The molecule has 0 aliphatic heterocycles. The third-order valence-corrected chi connectivity index (χ3v) is 3.29. The molecule has 0 unspecified atom stereocenters. The molecule has 5 heteroatoms. The molecule has 20 heavy (non-hydrogen) atoms. The van der Waals surface area contributed by atoms with Crippen LogP contribution in [-0.4, -0.2) is 19.0 Å². The summed E-state index contributed by atoms with van der Waals surface area (Å²) < 4.78 is 0. The van der Waals surface area contributed by atoms with Crippen molar-refractivity contribution < 1.29 is 4.79 Å². The van der Waals surface area contributed by atoms with E-state index < -0.39 is 0 Å². The van der Waals surface area contributed by atoms with Gasteiger partial charge >= 0.3 is 0 Å². The third kappa shape index (κ3) is 3.51. The summed E-state index contributed by atoms with van der Waals surface area (Å²) in [5.74, 6) is -0.139. The Bertz CT molecular complexity index is 599. The summed E-state index contributed by atoms with van der Waals surface area (Å²) in [5.41, 5.74) is 6.88. The number of carbonyl (C=O) groups is 1. The van der Waals surface area contributed by atoms with Crippen molar-refractivity contribution in [3.63, 3.8) is 0 Å². The summed E-state index contributed by atoms with van der Waals surface area (Å²) in [6.45, 7) is 0.794. The van der Waals surface area contributed by atoms with Gasteiger partial charge in [-0.15, -0.1) is 0 Å². The SMILES string of the molecule is NCCN(C(=O)c1cccc(Cl)c1)c1ccc(Cl)cc1. The third-order valence-electron chi connectivity index (χ3n) is 2.81. The zero-order valence-electron chi connectivity index (χ0n) is 10.7. The fraction of sp³-hybridized carbons (Fsp3) is 0.133. The van der Waals surface area contributed by atoms with Crippen LogP contribution in [0.4, 0.5) is 5.69 Å². The molecule has 2 aromatic rings. The van der Waals surface area contributed by atoms with E-state index in [-0.39, 0.29) is 5.91 Å². The maximum Gasteiger partial charge on any atom is 0.258 e. The van der Waals surface area contributed by atoms with Crippen LogP contribution < -0.4 is 10.6 Å². The number of rotatable bonds is 4. The Morgan fingerprint density at radius 2 is 1.75 bits per heavy atom. The van der Waals surface area contributed by atoms with Crippen LogP contribution in [-0.2, 0) is 0 Å². The molecule has 0 radical (unpaired) electrons. The molecule has 2 aromatic carbocycles. The molecule has 1 amide bonds. The summed E-state index contributed by atoms with van der Waals surface area (Å²) in [5, 5.41) is 1.15. The van der Waals surface area contributed by atoms with Crippen molar-refractivity contribution >= 4 is 34.8 Å². The first-order valence-electron chi connectivity index (χ1n) is 6.15. The second kappa shape index (κ2) is 6.75. The molecular formula is C15H14Cl2N2O. The Hall–Kier alpha value is -1.55. The van der Waals surface area contributed by atoms with Crippen molar-refractivity contribution in [3.05, 3.63) is 64.1 Å². The van der Waals surface area contributed by atoms with Gasteiger partial charge in [0.25, 0.3) is 5.91 Å². The Labute approximate surface area is 127 Å². The second-order valence-electron chi connectivity index (χ2n) is 4.23. The maximum atomic E-state index is 12.6. The van der Waals surface area contributed by atoms with Gasteiger partial charge < -0.3 is 10.6 Å². The number of hydrogen-bond donors (Lipinski definition) is 1. The van der Waals surface area contributed by atoms with Crippen molar-refractivity contribution in [2.75, 3.05) is 18.0 Å². The first-order chi connectivity index (χ1) is 9.61. The number of nitrogens with two attached hydrogens (primary N) is 1. The quantitative estimate of drug-likeness (QED) is 0.938. The molecule has 3 nitrogen and oxygen atoms in total. The number of hydrogen-bond acceptors (Lipinski definition) is 2. The summed E-state index contributed by atoms with van der Waals surface area (Å²) in [7, 11) is 0. The topological polar surface area (TPSA) is 46.3 Å². The van der Waals surface area contributed by atoms with Crippen LogP contribution in [0, 0.1) is 0 Å². The van der Waals surface area contributed by atoms with Crippen LogP contribution in [0.2, 0.25) is 10.0 Å². The van der Waals surface area contributed by atoms with E-state index in [4.69, 9.17) is 28.9 Å². The lowest BCUT2D eigenvalue weighted by Crippen LogP contribution is -2.35. The van der Waals surface area contributed by atoms with Gasteiger partial charge in [0.05, 0.1) is 0 Å². The van der Waals surface area contributed by atoms with Crippen LogP contribution >= 0.6 is 23.2 Å². The van der Waals surface area contributed by atoms with Gasteiger partial charge in [-0.25, -0.2) is 0 Å². The predicted octanol–water partition coefficient (Wildman–Crippen LogP) is 3.60. The molecule has 0 saturated heterocycles. The molecule has 104 valence electrons. The smallest absolute Gasteiger partial charge is 0.258 e. The van der Waals surface area contributed by atoms with E-state index in [1.165, 1.54) is 0 Å². The highest BCUT2D eigenvalue weighted by molar-refractivity contribution is 6.31. The molecule has 0 atom stereocenters. The molecule has 2 N–H and O–H groups in total. The average molecular weight is 309 g/mol. The Morgan fingerprint density at radius 3 is 2.35 bits per heavy atom. The molecule has 0 fully saturated rings. The molecule has 0 bridgehead atoms. The minimum Gasteiger partial charge on any atom is -0.329 e. The van der Waals surface area contributed by atoms with E-state index in [0.29, 0.717) is 28.7 Å². The van der Waals surface area contributed by atoms with Crippen LogP contribution in [0.3, 0.4) is 0 Å². The zero-order chi connectivity index (χ0) is 14.5. The van der Waals surface area contributed by atoms with Crippen molar-refractivity contribution in [2.24, 2.45) is 5.73 Å². The van der Waals surface area contributed by atoms with Crippen LogP contribution in [0.5, 0.6) is 0 Å². The number of halogens is 2. The number of anilines is 1. The summed E-state index contributed by atoms with van der Waals surface area (Å²) in [4.78, 5) is 14.2. The lowest BCUT2D eigenvalue weighted by atomic mass is 10.1. The van der Waals surface area contributed by atoms with E-state index in [1.807, 2.05) is 0 Å². The van der Waals surface area contributed by atoms with Crippen LogP contribution in [0.25, 0.3) is 0 Å². The number of carbonyl (C=O) groups excluding carboxylic acids is 1. The average Bonchev–Trinajstić information content (AvgIpc) is 2.45. The molecule has 0 aliphatic carbocycles. The highest BCUT2D eigenvalue weighted by Gasteiger charge is 2.17. The number of amides is 1. The minimum absolute atomic E-state index is 0.139. The Kier molecular flexibility index (Phi) is 5.01. The van der Waals surface area contributed by atoms with Crippen molar-refractivity contribution in [2.45, 2.75) is 0 Å². The zero-order valence-corrected chi connectivity index (χ0v) is 12.2. The van der Waals surface area contributed by atoms with Gasteiger partial charge in [-0.2, -0.15) is 0 Å². The second-order valence-corrected chi connectivity index (χ2v) is 5.11. The molecule has 0 aliphatic rings.